The van der Waals surface area contributed by atoms with Crippen LogP contribution in [0.2, 0.25) is 0 Å². The molecule has 0 N–H and O–H groups in total. The van der Waals surface area contributed by atoms with E-state index in [1.54, 1.807) is 24.3 Å². The number of nitro groups is 1. The van der Waals surface area contributed by atoms with Gasteiger partial charge in [-0.1, -0.05) is 24.3 Å². The summed E-state index contributed by atoms with van der Waals surface area (Å²) in [6.07, 6.45) is 2.73. The molecule has 0 unspecified atom stereocenters. The predicted octanol–water partition coefficient (Wildman–Crippen LogP) is 3.60. The fourth-order valence-corrected chi connectivity index (χ4v) is 2.20. The van der Waals surface area contributed by atoms with Crippen LogP contribution in [0.3, 0.4) is 0 Å². The van der Waals surface area contributed by atoms with E-state index in [1.807, 2.05) is 0 Å². The average Bonchev–Trinajstić information content (AvgIpc) is 2.59. The van der Waals surface area contributed by atoms with Crippen LogP contribution in [0.4, 0.5) is 5.69 Å². The van der Waals surface area contributed by atoms with Gasteiger partial charge < -0.3 is 4.42 Å². The molecule has 6 heteroatoms. The molecule has 2 aromatic carbocycles. The molecule has 118 valence electrons. The molecule has 0 saturated carbocycles. The number of hydrogen-bond donors (Lipinski definition) is 0. The number of ketones is 1. The second-order valence-electron chi connectivity index (χ2n) is 5.03. The van der Waals surface area contributed by atoms with Crippen molar-refractivity contribution in [2.75, 3.05) is 0 Å². The van der Waals surface area contributed by atoms with E-state index in [9.17, 15) is 19.7 Å². The largest absolute Gasteiger partial charge is 0.422 e. The fraction of sp³-hybridized carbons (Fsp3) is 0. The lowest BCUT2D eigenvalue weighted by Gasteiger charge is -1.99. The number of carbonyl (C=O) groups excluding carboxylic acids is 1. The Morgan fingerprint density at radius 1 is 1.08 bits per heavy atom. The van der Waals surface area contributed by atoms with E-state index in [-0.39, 0.29) is 11.3 Å². The molecule has 1 aromatic heterocycles. The highest BCUT2D eigenvalue weighted by atomic mass is 16.6. The molecular weight excluding hydrogens is 310 g/mol. The van der Waals surface area contributed by atoms with Crippen LogP contribution in [0.15, 0.2) is 69.9 Å². The van der Waals surface area contributed by atoms with Gasteiger partial charge in [0.2, 0.25) is 0 Å². The zero-order valence-electron chi connectivity index (χ0n) is 12.3. The van der Waals surface area contributed by atoms with Crippen molar-refractivity contribution in [3.05, 3.63) is 92.3 Å². The second-order valence-corrected chi connectivity index (χ2v) is 5.03. The van der Waals surface area contributed by atoms with Crippen molar-refractivity contribution >= 4 is 28.5 Å². The molecule has 0 aliphatic carbocycles. The van der Waals surface area contributed by atoms with Crippen LogP contribution in [0, 0.1) is 10.1 Å². The molecule has 6 nitrogen and oxygen atoms in total. The summed E-state index contributed by atoms with van der Waals surface area (Å²) in [4.78, 5) is 34.2. The van der Waals surface area contributed by atoms with Crippen LogP contribution in [-0.4, -0.2) is 10.7 Å². The van der Waals surface area contributed by atoms with Crippen molar-refractivity contribution in [1.82, 2.24) is 0 Å². The molecule has 0 saturated heterocycles. The summed E-state index contributed by atoms with van der Waals surface area (Å²) in [5.74, 6) is -0.493. The summed E-state index contributed by atoms with van der Waals surface area (Å²) in [5.41, 5.74) is 0.227. The molecule has 0 amide bonds. The van der Waals surface area contributed by atoms with Gasteiger partial charge in [-0.15, -0.1) is 0 Å². The molecule has 0 aliphatic heterocycles. The van der Waals surface area contributed by atoms with Crippen LogP contribution in [-0.2, 0) is 0 Å². The number of allylic oxidation sites excluding steroid dienone is 1. The molecule has 0 atom stereocenters. The minimum atomic E-state index is -0.702. The van der Waals surface area contributed by atoms with Gasteiger partial charge >= 0.3 is 5.63 Å². The lowest BCUT2D eigenvalue weighted by Crippen LogP contribution is -2.11. The molecule has 24 heavy (non-hydrogen) atoms. The molecule has 0 spiro atoms. The minimum Gasteiger partial charge on any atom is -0.422 e. The summed E-state index contributed by atoms with van der Waals surface area (Å²) in [5, 5.41) is 11.3. The van der Waals surface area contributed by atoms with Gasteiger partial charge in [0, 0.05) is 17.5 Å². The number of rotatable bonds is 4. The predicted molar refractivity (Wildman–Crippen MR) is 88.9 cm³/mol. The first-order valence-electron chi connectivity index (χ1n) is 7.04. The second kappa shape index (κ2) is 6.29. The summed E-state index contributed by atoms with van der Waals surface area (Å²) < 4.78 is 5.12. The van der Waals surface area contributed by atoms with E-state index < -0.39 is 16.3 Å². The van der Waals surface area contributed by atoms with E-state index in [2.05, 4.69) is 0 Å². The SMILES string of the molecule is O=C(C=Cc1ccc([N+](=O)[O-])cc1)c1cc2ccccc2oc1=O. The van der Waals surface area contributed by atoms with Gasteiger partial charge in [0.25, 0.3) is 5.69 Å². The van der Waals surface area contributed by atoms with Crippen molar-refractivity contribution in [2.24, 2.45) is 0 Å². The Hall–Kier alpha value is -3.54. The number of nitrogens with zero attached hydrogens (tertiary/aromatic N) is 1. The molecular formula is C18H11NO5. The number of non-ortho nitro benzene ring substituents is 1. The number of fused-ring (bicyclic) bond motifs is 1. The number of nitro benzene ring substituents is 1. The van der Waals surface area contributed by atoms with Gasteiger partial charge in [-0.3, -0.25) is 14.9 Å². The highest BCUT2D eigenvalue weighted by molar-refractivity contribution is 6.07. The van der Waals surface area contributed by atoms with Gasteiger partial charge in [-0.05, 0) is 35.9 Å². The first-order chi connectivity index (χ1) is 11.5. The third kappa shape index (κ3) is 3.12. The summed E-state index contributed by atoms with van der Waals surface area (Å²) in [7, 11) is 0. The Morgan fingerprint density at radius 3 is 2.50 bits per heavy atom. The number of carbonyl (C=O) groups is 1. The van der Waals surface area contributed by atoms with E-state index >= 15 is 0 Å². The van der Waals surface area contributed by atoms with Gasteiger partial charge in [-0.25, -0.2) is 4.79 Å². The molecule has 0 bridgehead atoms. The third-order valence-electron chi connectivity index (χ3n) is 3.44. The van der Waals surface area contributed by atoms with Crippen LogP contribution in [0.25, 0.3) is 17.0 Å². The summed E-state index contributed by atoms with van der Waals surface area (Å²) in [6.45, 7) is 0. The zero-order chi connectivity index (χ0) is 17.1. The third-order valence-corrected chi connectivity index (χ3v) is 3.44. The van der Waals surface area contributed by atoms with Crippen LogP contribution in [0.1, 0.15) is 15.9 Å². The maximum Gasteiger partial charge on any atom is 0.347 e. The minimum absolute atomic E-state index is 0.0337. The summed E-state index contributed by atoms with van der Waals surface area (Å²) in [6, 6.07) is 14.1. The first-order valence-corrected chi connectivity index (χ1v) is 7.04. The van der Waals surface area contributed by atoms with Gasteiger partial charge in [-0.2, -0.15) is 0 Å². The van der Waals surface area contributed by atoms with Crippen molar-refractivity contribution in [2.45, 2.75) is 0 Å². The Bertz CT molecular complexity index is 1020. The average molecular weight is 321 g/mol. The first kappa shape index (κ1) is 15.4. The zero-order valence-corrected chi connectivity index (χ0v) is 12.3. The maximum atomic E-state index is 12.2. The lowest BCUT2D eigenvalue weighted by atomic mass is 10.1. The number of para-hydroxylation sites is 1. The smallest absolute Gasteiger partial charge is 0.347 e. The van der Waals surface area contributed by atoms with Crippen LogP contribution < -0.4 is 5.63 Å². The van der Waals surface area contributed by atoms with Crippen LogP contribution in [0.5, 0.6) is 0 Å². The van der Waals surface area contributed by atoms with E-state index in [0.717, 1.165) is 0 Å². The van der Waals surface area contributed by atoms with Crippen molar-refractivity contribution in [3.8, 4) is 0 Å². The highest BCUT2D eigenvalue weighted by Gasteiger charge is 2.11. The Labute approximate surface area is 135 Å². The normalized spacial score (nSPS) is 11.0. The summed E-state index contributed by atoms with van der Waals surface area (Å²) >= 11 is 0. The molecule has 1 heterocycles. The lowest BCUT2D eigenvalue weighted by molar-refractivity contribution is -0.384. The molecule has 3 rings (SSSR count). The fourth-order valence-electron chi connectivity index (χ4n) is 2.20. The van der Waals surface area contributed by atoms with Crippen LogP contribution >= 0.6 is 0 Å². The Morgan fingerprint density at radius 2 is 1.79 bits per heavy atom. The highest BCUT2D eigenvalue weighted by Crippen LogP contribution is 2.15. The quantitative estimate of drug-likeness (QED) is 0.241. The topological polar surface area (TPSA) is 90.4 Å². The molecule has 0 aliphatic rings. The molecule has 0 radical (unpaired) electrons. The Balaban J connectivity index is 1.88. The standard InChI is InChI=1S/C18H11NO5/c20-16(10-7-12-5-8-14(9-6-12)19(22)23)15-11-13-3-1-2-4-17(13)24-18(15)21/h1-11H. The van der Waals surface area contributed by atoms with Crippen molar-refractivity contribution in [1.29, 1.82) is 0 Å². The van der Waals surface area contributed by atoms with Gasteiger partial charge in [0.05, 0.1) is 4.92 Å². The van der Waals surface area contributed by atoms with E-state index in [4.69, 9.17) is 4.42 Å². The van der Waals surface area contributed by atoms with Crippen molar-refractivity contribution in [3.63, 3.8) is 0 Å². The van der Waals surface area contributed by atoms with E-state index in [0.29, 0.717) is 16.5 Å². The number of hydrogen-bond acceptors (Lipinski definition) is 5. The van der Waals surface area contributed by atoms with Gasteiger partial charge in [0.1, 0.15) is 11.1 Å². The van der Waals surface area contributed by atoms with Gasteiger partial charge in [0.15, 0.2) is 5.78 Å². The number of benzene rings is 2. The maximum absolute atomic E-state index is 12.2. The van der Waals surface area contributed by atoms with E-state index in [1.165, 1.54) is 42.5 Å². The Kier molecular flexibility index (Phi) is 4.03. The molecule has 0 fully saturated rings. The van der Waals surface area contributed by atoms with Crippen molar-refractivity contribution < 1.29 is 14.1 Å². The molecule has 3 aromatic rings. The monoisotopic (exact) mass is 321 g/mol.